The first-order valence-electron chi connectivity index (χ1n) is 4.42. The molecule has 0 saturated carbocycles. The maximum Gasteiger partial charge on any atom is 0.165 e. The van der Waals surface area contributed by atoms with Crippen molar-refractivity contribution in [3.05, 3.63) is 41.8 Å². The summed E-state index contributed by atoms with van der Waals surface area (Å²) in [7, 11) is 0. The zero-order valence-corrected chi connectivity index (χ0v) is 7.90. The molecule has 0 aliphatic carbocycles. The van der Waals surface area contributed by atoms with Gasteiger partial charge in [0.2, 0.25) is 0 Å². The van der Waals surface area contributed by atoms with Gasteiger partial charge >= 0.3 is 0 Å². The molecule has 0 amide bonds. The van der Waals surface area contributed by atoms with Crippen LogP contribution in [-0.4, -0.2) is 10.2 Å². The number of nitrogens with zero attached hydrogens (tertiary/aromatic N) is 1. The minimum absolute atomic E-state index is 0.198. The van der Waals surface area contributed by atoms with E-state index in [0.29, 0.717) is 11.4 Å². The van der Waals surface area contributed by atoms with Crippen molar-refractivity contribution in [2.45, 2.75) is 6.61 Å². The first kappa shape index (κ1) is 9.51. The van der Waals surface area contributed by atoms with E-state index in [9.17, 15) is 4.39 Å². The monoisotopic (exact) mass is 207 g/mol. The summed E-state index contributed by atoms with van der Waals surface area (Å²) in [5.41, 5.74) is 6.26. The lowest BCUT2D eigenvalue weighted by Gasteiger charge is -2.05. The van der Waals surface area contributed by atoms with Crippen LogP contribution in [-0.2, 0) is 6.61 Å². The predicted octanol–water partition coefficient (Wildman–Crippen LogP) is 1.71. The lowest BCUT2D eigenvalue weighted by atomic mass is 10.3. The fourth-order valence-corrected chi connectivity index (χ4v) is 1.15. The van der Waals surface area contributed by atoms with Crippen molar-refractivity contribution in [2.75, 3.05) is 5.73 Å². The summed E-state index contributed by atoms with van der Waals surface area (Å²) in [4.78, 5) is 0. The molecular formula is C10H10FN3O. The molecule has 3 N–H and O–H groups in total. The Labute approximate surface area is 85.9 Å². The molecule has 1 heterocycles. The van der Waals surface area contributed by atoms with E-state index in [-0.39, 0.29) is 18.2 Å². The van der Waals surface area contributed by atoms with Gasteiger partial charge in [-0.05, 0) is 12.1 Å². The molecule has 1 aromatic heterocycles. The SMILES string of the molecule is Nc1[nH]ncc1COc1ccccc1F. The van der Waals surface area contributed by atoms with E-state index < -0.39 is 0 Å². The molecule has 0 spiro atoms. The Morgan fingerprint density at radius 3 is 2.87 bits per heavy atom. The lowest BCUT2D eigenvalue weighted by molar-refractivity contribution is 0.291. The third-order valence-corrected chi connectivity index (χ3v) is 1.97. The maximum absolute atomic E-state index is 13.1. The van der Waals surface area contributed by atoms with Crippen molar-refractivity contribution in [3.8, 4) is 5.75 Å². The van der Waals surface area contributed by atoms with Crippen LogP contribution in [0.4, 0.5) is 10.2 Å². The molecule has 2 aromatic rings. The molecule has 15 heavy (non-hydrogen) atoms. The number of halogens is 1. The number of aromatic nitrogens is 2. The van der Waals surface area contributed by atoms with E-state index in [2.05, 4.69) is 10.2 Å². The summed E-state index contributed by atoms with van der Waals surface area (Å²) in [6.45, 7) is 0.198. The van der Waals surface area contributed by atoms with Gasteiger partial charge in [-0.25, -0.2) is 4.39 Å². The fourth-order valence-electron chi connectivity index (χ4n) is 1.15. The Morgan fingerprint density at radius 2 is 2.20 bits per heavy atom. The van der Waals surface area contributed by atoms with Crippen LogP contribution >= 0.6 is 0 Å². The molecule has 5 heteroatoms. The third kappa shape index (κ3) is 2.07. The van der Waals surface area contributed by atoms with Gasteiger partial charge in [0.1, 0.15) is 12.4 Å². The second kappa shape index (κ2) is 4.00. The number of nitrogens with one attached hydrogen (secondary N) is 1. The van der Waals surface area contributed by atoms with Crippen LogP contribution in [0.15, 0.2) is 30.5 Å². The Kier molecular flexibility index (Phi) is 2.53. The minimum atomic E-state index is -0.389. The minimum Gasteiger partial charge on any atom is -0.486 e. The van der Waals surface area contributed by atoms with Gasteiger partial charge in [0.25, 0.3) is 0 Å². The summed E-state index contributed by atoms with van der Waals surface area (Å²) >= 11 is 0. The van der Waals surface area contributed by atoms with E-state index in [1.807, 2.05) is 0 Å². The summed E-state index contributed by atoms with van der Waals surface area (Å²) in [5, 5.41) is 6.31. The van der Waals surface area contributed by atoms with Gasteiger partial charge in [-0.3, -0.25) is 5.10 Å². The Bertz CT molecular complexity index is 455. The predicted molar refractivity (Wildman–Crippen MR) is 53.7 cm³/mol. The van der Waals surface area contributed by atoms with Crippen LogP contribution in [0.5, 0.6) is 5.75 Å². The zero-order valence-electron chi connectivity index (χ0n) is 7.90. The Hall–Kier alpha value is -2.04. The van der Waals surface area contributed by atoms with Crippen LogP contribution in [0.2, 0.25) is 0 Å². The number of H-pyrrole nitrogens is 1. The second-order valence-corrected chi connectivity index (χ2v) is 3.03. The molecule has 1 aromatic carbocycles. The van der Waals surface area contributed by atoms with Gasteiger partial charge in [-0.15, -0.1) is 0 Å². The van der Waals surface area contributed by atoms with Crippen molar-refractivity contribution in [1.82, 2.24) is 10.2 Å². The Morgan fingerprint density at radius 1 is 1.40 bits per heavy atom. The summed E-state index contributed by atoms with van der Waals surface area (Å²) in [5.74, 6) is 0.254. The number of aromatic amines is 1. The summed E-state index contributed by atoms with van der Waals surface area (Å²) < 4.78 is 18.4. The quantitative estimate of drug-likeness (QED) is 0.805. The van der Waals surface area contributed by atoms with Crippen LogP contribution < -0.4 is 10.5 Å². The number of anilines is 1. The van der Waals surface area contributed by atoms with E-state index in [0.717, 1.165) is 0 Å². The zero-order chi connectivity index (χ0) is 10.7. The molecule has 0 unspecified atom stereocenters. The fraction of sp³-hybridized carbons (Fsp3) is 0.100. The average molecular weight is 207 g/mol. The highest BCUT2D eigenvalue weighted by molar-refractivity contribution is 5.36. The topological polar surface area (TPSA) is 63.9 Å². The molecule has 0 radical (unpaired) electrons. The van der Waals surface area contributed by atoms with E-state index in [4.69, 9.17) is 10.5 Å². The normalized spacial score (nSPS) is 10.2. The number of ether oxygens (including phenoxy) is 1. The molecule has 4 nitrogen and oxygen atoms in total. The van der Waals surface area contributed by atoms with Gasteiger partial charge in [-0.1, -0.05) is 12.1 Å². The summed E-state index contributed by atoms with van der Waals surface area (Å²) in [6.07, 6.45) is 1.55. The van der Waals surface area contributed by atoms with Gasteiger partial charge in [-0.2, -0.15) is 5.10 Å². The number of hydrogen-bond acceptors (Lipinski definition) is 3. The van der Waals surface area contributed by atoms with Crippen LogP contribution in [0, 0.1) is 5.82 Å². The van der Waals surface area contributed by atoms with Crippen molar-refractivity contribution < 1.29 is 9.13 Å². The molecule has 0 aliphatic heterocycles. The number of nitrogens with two attached hydrogens (primary N) is 1. The van der Waals surface area contributed by atoms with Crippen molar-refractivity contribution in [3.63, 3.8) is 0 Å². The highest BCUT2D eigenvalue weighted by Gasteiger charge is 2.04. The van der Waals surface area contributed by atoms with Crippen LogP contribution in [0.25, 0.3) is 0 Å². The molecule has 0 aliphatic rings. The van der Waals surface area contributed by atoms with Crippen LogP contribution in [0.3, 0.4) is 0 Å². The van der Waals surface area contributed by atoms with Crippen molar-refractivity contribution in [2.24, 2.45) is 0 Å². The average Bonchev–Trinajstić information content (AvgIpc) is 2.63. The van der Waals surface area contributed by atoms with Gasteiger partial charge in [0, 0.05) is 0 Å². The largest absolute Gasteiger partial charge is 0.486 e. The highest BCUT2D eigenvalue weighted by Crippen LogP contribution is 2.18. The van der Waals surface area contributed by atoms with Crippen LogP contribution in [0.1, 0.15) is 5.56 Å². The van der Waals surface area contributed by atoms with Gasteiger partial charge < -0.3 is 10.5 Å². The molecular weight excluding hydrogens is 197 g/mol. The second-order valence-electron chi connectivity index (χ2n) is 3.03. The molecule has 0 bridgehead atoms. The number of para-hydroxylation sites is 1. The Balaban J connectivity index is 2.06. The molecule has 78 valence electrons. The standard InChI is InChI=1S/C10H10FN3O/c11-8-3-1-2-4-9(8)15-6-7-5-13-14-10(7)12/h1-5H,6H2,(H3,12,13,14). The highest BCUT2D eigenvalue weighted by atomic mass is 19.1. The molecule has 0 fully saturated rings. The van der Waals surface area contributed by atoms with Crippen molar-refractivity contribution in [1.29, 1.82) is 0 Å². The van der Waals surface area contributed by atoms with Crippen molar-refractivity contribution >= 4 is 5.82 Å². The number of hydrogen-bond donors (Lipinski definition) is 2. The van der Waals surface area contributed by atoms with E-state index in [1.165, 1.54) is 6.07 Å². The number of benzene rings is 1. The number of rotatable bonds is 3. The van der Waals surface area contributed by atoms with Gasteiger partial charge in [0.15, 0.2) is 11.6 Å². The summed E-state index contributed by atoms with van der Waals surface area (Å²) in [6, 6.07) is 6.21. The maximum atomic E-state index is 13.1. The first-order chi connectivity index (χ1) is 7.27. The molecule has 0 saturated heterocycles. The van der Waals surface area contributed by atoms with Gasteiger partial charge in [0.05, 0.1) is 11.8 Å². The number of nitrogen functional groups attached to an aromatic ring is 1. The van der Waals surface area contributed by atoms with E-state index in [1.54, 1.807) is 24.4 Å². The smallest absolute Gasteiger partial charge is 0.165 e. The third-order valence-electron chi connectivity index (χ3n) is 1.97. The molecule has 0 atom stereocenters. The first-order valence-corrected chi connectivity index (χ1v) is 4.42. The lowest BCUT2D eigenvalue weighted by Crippen LogP contribution is -1.99. The molecule has 2 rings (SSSR count). The van der Waals surface area contributed by atoms with E-state index >= 15 is 0 Å².